The first-order valence-corrected chi connectivity index (χ1v) is 11.0. The van der Waals surface area contributed by atoms with E-state index in [1.165, 1.54) is 51.4 Å². The first-order valence-electron chi connectivity index (χ1n) is 11.0. The van der Waals surface area contributed by atoms with Crippen LogP contribution < -0.4 is 0 Å². The highest BCUT2D eigenvalue weighted by Crippen LogP contribution is 2.41. The Balaban J connectivity index is 1.37. The summed E-state index contributed by atoms with van der Waals surface area (Å²) in [6, 6.07) is 0. The molecule has 0 aromatic heterocycles. The van der Waals surface area contributed by atoms with E-state index in [0.717, 1.165) is 30.6 Å². The molecule has 3 aliphatic carbocycles. The summed E-state index contributed by atoms with van der Waals surface area (Å²) >= 11 is 0. The molecule has 3 rings (SSSR count). The molecular formula is C22H38F2O. The van der Waals surface area contributed by atoms with E-state index in [1.807, 2.05) is 6.92 Å². The van der Waals surface area contributed by atoms with Gasteiger partial charge < -0.3 is 4.74 Å². The Morgan fingerprint density at radius 1 is 0.760 bits per heavy atom. The van der Waals surface area contributed by atoms with Crippen LogP contribution in [0.15, 0.2) is 0 Å². The van der Waals surface area contributed by atoms with Gasteiger partial charge in [-0.1, -0.05) is 33.1 Å². The topological polar surface area (TPSA) is 9.23 Å². The highest BCUT2D eigenvalue weighted by Gasteiger charge is 2.40. The lowest BCUT2D eigenvalue weighted by molar-refractivity contribution is -0.0869. The van der Waals surface area contributed by atoms with Crippen LogP contribution in [-0.2, 0) is 4.74 Å². The van der Waals surface area contributed by atoms with E-state index in [9.17, 15) is 8.78 Å². The zero-order valence-electron chi connectivity index (χ0n) is 16.3. The maximum absolute atomic E-state index is 14.3. The molecule has 0 spiro atoms. The van der Waals surface area contributed by atoms with Crippen LogP contribution in [0, 0.1) is 29.6 Å². The van der Waals surface area contributed by atoms with Gasteiger partial charge in [-0.25, -0.2) is 8.78 Å². The highest BCUT2D eigenvalue weighted by atomic mass is 19.2. The van der Waals surface area contributed by atoms with Gasteiger partial charge in [0.2, 0.25) is 0 Å². The number of rotatable bonds is 5. The van der Waals surface area contributed by atoms with Crippen molar-refractivity contribution >= 4 is 0 Å². The van der Waals surface area contributed by atoms with Crippen molar-refractivity contribution in [3.05, 3.63) is 0 Å². The molecule has 3 aliphatic rings. The van der Waals surface area contributed by atoms with Gasteiger partial charge in [0, 0.05) is 6.61 Å². The standard InChI is InChI=1S/C22H38F2O/c1-3-17-12-13-20(22(24)21(17)23)25-14-16-6-10-19(11-7-16)18-8-4-15(2)5-9-18/h15-22H,3-14H2,1-2H3. The second-order valence-corrected chi connectivity index (χ2v) is 9.31. The molecule has 4 atom stereocenters. The van der Waals surface area contributed by atoms with Crippen LogP contribution in [0.4, 0.5) is 8.78 Å². The van der Waals surface area contributed by atoms with Gasteiger partial charge in [0.1, 0.15) is 6.17 Å². The van der Waals surface area contributed by atoms with Crippen LogP contribution in [0.1, 0.15) is 84.5 Å². The Morgan fingerprint density at radius 2 is 1.36 bits per heavy atom. The molecule has 3 fully saturated rings. The van der Waals surface area contributed by atoms with E-state index in [1.54, 1.807) is 0 Å². The zero-order chi connectivity index (χ0) is 17.8. The normalized spacial score (nSPS) is 46.1. The summed E-state index contributed by atoms with van der Waals surface area (Å²) in [5.74, 6) is 3.24. The molecule has 0 aliphatic heterocycles. The second kappa shape index (κ2) is 9.15. The maximum Gasteiger partial charge on any atom is 0.157 e. The fraction of sp³-hybridized carbons (Fsp3) is 1.00. The fourth-order valence-corrected chi connectivity index (χ4v) is 5.61. The predicted octanol–water partition coefficient (Wildman–Crippen LogP) is 6.50. The molecule has 0 heterocycles. The van der Waals surface area contributed by atoms with E-state index in [0.29, 0.717) is 18.9 Å². The molecule has 0 amide bonds. The molecule has 4 unspecified atom stereocenters. The van der Waals surface area contributed by atoms with E-state index < -0.39 is 18.4 Å². The van der Waals surface area contributed by atoms with E-state index in [4.69, 9.17) is 4.74 Å². The lowest BCUT2D eigenvalue weighted by Crippen LogP contribution is -2.43. The first-order chi connectivity index (χ1) is 12.1. The highest BCUT2D eigenvalue weighted by molar-refractivity contribution is 4.89. The molecular weight excluding hydrogens is 318 g/mol. The molecule has 0 aromatic rings. The van der Waals surface area contributed by atoms with E-state index in [-0.39, 0.29) is 5.92 Å². The van der Waals surface area contributed by atoms with Crippen molar-refractivity contribution in [3.8, 4) is 0 Å². The zero-order valence-corrected chi connectivity index (χ0v) is 16.3. The quantitative estimate of drug-likeness (QED) is 0.546. The minimum absolute atomic E-state index is 0.108. The Kier molecular flexibility index (Phi) is 7.17. The summed E-state index contributed by atoms with van der Waals surface area (Å²) in [5.41, 5.74) is 0. The van der Waals surface area contributed by atoms with Gasteiger partial charge in [0.15, 0.2) is 6.17 Å². The molecule has 0 aromatic carbocycles. The fourth-order valence-electron chi connectivity index (χ4n) is 5.61. The van der Waals surface area contributed by atoms with Crippen LogP contribution >= 0.6 is 0 Å². The largest absolute Gasteiger partial charge is 0.375 e. The molecule has 0 saturated heterocycles. The van der Waals surface area contributed by atoms with Crippen molar-refractivity contribution in [1.82, 2.24) is 0 Å². The van der Waals surface area contributed by atoms with Crippen LogP contribution in [-0.4, -0.2) is 25.1 Å². The molecule has 1 nitrogen and oxygen atoms in total. The van der Waals surface area contributed by atoms with E-state index in [2.05, 4.69) is 6.92 Å². The van der Waals surface area contributed by atoms with Gasteiger partial charge in [-0.3, -0.25) is 0 Å². The van der Waals surface area contributed by atoms with Crippen LogP contribution in [0.25, 0.3) is 0 Å². The monoisotopic (exact) mass is 356 g/mol. The van der Waals surface area contributed by atoms with Gasteiger partial charge in [-0.15, -0.1) is 0 Å². The number of halogens is 2. The first kappa shape index (κ1) is 19.6. The van der Waals surface area contributed by atoms with Gasteiger partial charge in [-0.05, 0) is 81.0 Å². The molecule has 0 radical (unpaired) electrons. The minimum atomic E-state index is -1.42. The summed E-state index contributed by atoms with van der Waals surface area (Å²) in [6.07, 6.45) is 9.71. The Bertz CT molecular complexity index is 385. The minimum Gasteiger partial charge on any atom is -0.375 e. The predicted molar refractivity (Wildman–Crippen MR) is 99.1 cm³/mol. The van der Waals surface area contributed by atoms with Crippen LogP contribution in [0.5, 0.6) is 0 Å². The lowest BCUT2D eigenvalue weighted by atomic mass is 9.69. The van der Waals surface area contributed by atoms with Crippen molar-refractivity contribution in [3.63, 3.8) is 0 Å². The Hall–Kier alpha value is -0.180. The molecule has 3 heteroatoms. The summed E-state index contributed by atoms with van der Waals surface area (Å²) in [6.45, 7) is 4.98. The van der Waals surface area contributed by atoms with Crippen molar-refractivity contribution in [1.29, 1.82) is 0 Å². The van der Waals surface area contributed by atoms with Crippen LogP contribution in [0.3, 0.4) is 0 Å². The maximum atomic E-state index is 14.3. The van der Waals surface area contributed by atoms with Gasteiger partial charge in [-0.2, -0.15) is 0 Å². The third kappa shape index (κ3) is 4.96. The molecule has 25 heavy (non-hydrogen) atoms. The van der Waals surface area contributed by atoms with Gasteiger partial charge in [0.25, 0.3) is 0 Å². The van der Waals surface area contributed by atoms with Crippen LogP contribution in [0.2, 0.25) is 0 Å². The number of ether oxygens (including phenoxy) is 1. The number of alkyl halides is 2. The third-order valence-corrected chi connectivity index (χ3v) is 7.62. The van der Waals surface area contributed by atoms with E-state index >= 15 is 0 Å². The summed E-state index contributed by atoms with van der Waals surface area (Å²) < 4.78 is 34.2. The molecule has 146 valence electrons. The third-order valence-electron chi connectivity index (χ3n) is 7.62. The number of hydrogen-bond acceptors (Lipinski definition) is 1. The Labute approximate surface area is 153 Å². The Morgan fingerprint density at radius 3 is 1.96 bits per heavy atom. The van der Waals surface area contributed by atoms with Crippen molar-refractivity contribution in [2.24, 2.45) is 29.6 Å². The van der Waals surface area contributed by atoms with Crippen molar-refractivity contribution < 1.29 is 13.5 Å². The summed E-state index contributed by atoms with van der Waals surface area (Å²) in [5, 5.41) is 0. The van der Waals surface area contributed by atoms with Crippen molar-refractivity contribution in [2.45, 2.75) is 103 Å². The smallest absolute Gasteiger partial charge is 0.157 e. The molecule has 3 saturated carbocycles. The van der Waals surface area contributed by atoms with Gasteiger partial charge in [0.05, 0.1) is 6.10 Å². The SMILES string of the molecule is CCC1CCC(OCC2CCC(C3CCC(C)CC3)CC2)C(F)C1F. The molecule has 0 bridgehead atoms. The van der Waals surface area contributed by atoms with Crippen molar-refractivity contribution in [2.75, 3.05) is 6.61 Å². The lowest BCUT2D eigenvalue weighted by Gasteiger charge is -2.38. The second-order valence-electron chi connectivity index (χ2n) is 9.31. The molecule has 0 N–H and O–H groups in total. The number of hydrogen-bond donors (Lipinski definition) is 0. The average molecular weight is 357 g/mol. The summed E-state index contributed by atoms with van der Waals surface area (Å²) in [7, 11) is 0. The average Bonchev–Trinajstić information content (AvgIpc) is 2.64. The summed E-state index contributed by atoms with van der Waals surface area (Å²) in [4.78, 5) is 0. The van der Waals surface area contributed by atoms with Gasteiger partial charge >= 0.3 is 0 Å².